The van der Waals surface area contributed by atoms with E-state index in [9.17, 15) is 13.2 Å². The lowest BCUT2D eigenvalue weighted by Gasteiger charge is -2.30. The van der Waals surface area contributed by atoms with Gasteiger partial charge in [0, 0.05) is 19.1 Å². The summed E-state index contributed by atoms with van der Waals surface area (Å²) >= 11 is 0. The minimum absolute atomic E-state index is 0.0195. The summed E-state index contributed by atoms with van der Waals surface area (Å²) in [5.41, 5.74) is 0. The van der Waals surface area contributed by atoms with Gasteiger partial charge in [0.2, 0.25) is 5.91 Å². The third kappa shape index (κ3) is 5.05. The van der Waals surface area contributed by atoms with Crippen molar-refractivity contribution in [1.29, 1.82) is 0 Å². The van der Waals surface area contributed by atoms with Gasteiger partial charge < -0.3 is 4.90 Å². The third-order valence-corrected chi connectivity index (χ3v) is 5.73. The maximum atomic E-state index is 12.2. The summed E-state index contributed by atoms with van der Waals surface area (Å²) in [5, 5.41) is 0. The Balaban J connectivity index is 2.67. The fraction of sp³-hybridized carbons (Fsp3) is 0.929. The average Bonchev–Trinajstić information content (AvgIpc) is 2.76. The zero-order valence-corrected chi connectivity index (χ0v) is 13.8. The average molecular weight is 304 g/mol. The predicted octanol–water partition coefficient (Wildman–Crippen LogP) is 1.14. The molecule has 1 aliphatic rings. The highest BCUT2D eigenvalue weighted by molar-refractivity contribution is 7.91. The predicted molar refractivity (Wildman–Crippen MR) is 81.5 cm³/mol. The van der Waals surface area contributed by atoms with Crippen molar-refractivity contribution in [2.45, 2.75) is 46.1 Å². The molecule has 0 saturated carbocycles. The number of carbonyl (C=O) groups excluding carboxylic acids is 1. The molecule has 0 spiro atoms. The van der Waals surface area contributed by atoms with Gasteiger partial charge >= 0.3 is 0 Å². The molecule has 0 N–H and O–H groups in total. The molecule has 1 saturated heterocycles. The molecule has 0 aromatic carbocycles. The summed E-state index contributed by atoms with van der Waals surface area (Å²) in [6.07, 6.45) is 2.72. The number of hydrogen-bond acceptors (Lipinski definition) is 4. The number of amides is 1. The van der Waals surface area contributed by atoms with E-state index in [-0.39, 0.29) is 23.5 Å². The van der Waals surface area contributed by atoms with Gasteiger partial charge in [-0.05, 0) is 33.2 Å². The van der Waals surface area contributed by atoms with Gasteiger partial charge in [0.1, 0.15) is 0 Å². The quantitative estimate of drug-likeness (QED) is 0.675. The van der Waals surface area contributed by atoms with Crippen LogP contribution in [0.15, 0.2) is 0 Å². The third-order valence-electron chi connectivity index (χ3n) is 3.98. The maximum Gasteiger partial charge on any atom is 0.236 e. The summed E-state index contributed by atoms with van der Waals surface area (Å²) in [7, 11) is -2.90. The first-order valence-electron chi connectivity index (χ1n) is 7.65. The topological polar surface area (TPSA) is 57.7 Å². The van der Waals surface area contributed by atoms with Gasteiger partial charge in [0.15, 0.2) is 9.84 Å². The number of hydrogen-bond donors (Lipinski definition) is 0. The first kappa shape index (κ1) is 17.4. The highest BCUT2D eigenvalue weighted by Gasteiger charge is 2.33. The molecule has 5 nitrogen and oxygen atoms in total. The Morgan fingerprint density at radius 1 is 1.20 bits per heavy atom. The minimum atomic E-state index is -2.90. The van der Waals surface area contributed by atoms with Gasteiger partial charge in [0.05, 0.1) is 18.1 Å². The van der Waals surface area contributed by atoms with Gasteiger partial charge in [-0.3, -0.25) is 9.69 Å². The molecular formula is C14H28N2O3S. The van der Waals surface area contributed by atoms with Crippen molar-refractivity contribution in [1.82, 2.24) is 9.80 Å². The van der Waals surface area contributed by atoms with Crippen LogP contribution in [0, 0.1) is 0 Å². The van der Waals surface area contributed by atoms with Gasteiger partial charge in [-0.25, -0.2) is 8.42 Å². The van der Waals surface area contributed by atoms with Gasteiger partial charge in [-0.15, -0.1) is 0 Å². The summed E-state index contributed by atoms with van der Waals surface area (Å²) in [4.78, 5) is 16.1. The standard InChI is InChI=1S/C14H28N2O3S/c1-4-7-9-16(11-14(17)15(5-2)6-3)13-8-10-20(18,19)12-13/h13H,4-12H2,1-3H3. The number of likely N-dealkylation sites (N-methyl/N-ethyl adjacent to an activating group) is 1. The van der Waals surface area contributed by atoms with Crippen LogP contribution in [-0.2, 0) is 14.6 Å². The number of unbranched alkanes of at least 4 members (excludes halogenated alkanes) is 1. The maximum absolute atomic E-state index is 12.2. The second-order valence-electron chi connectivity index (χ2n) is 5.45. The summed E-state index contributed by atoms with van der Waals surface area (Å²) in [6, 6.07) is 0.0195. The van der Waals surface area contributed by atoms with Crippen LogP contribution in [0.3, 0.4) is 0 Å². The molecule has 1 amide bonds. The molecule has 0 aromatic heterocycles. The smallest absolute Gasteiger partial charge is 0.236 e. The molecular weight excluding hydrogens is 276 g/mol. The van der Waals surface area contributed by atoms with Crippen molar-refractivity contribution in [2.24, 2.45) is 0 Å². The number of carbonyl (C=O) groups is 1. The van der Waals surface area contributed by atoms with E-state index in [1.165, 1.54) is 0 Å². The van der Waals surface area contributed by atoms with E-state index in [1.807, 2.05) is 18.7 Å². The molecule has 0 radical (unpaired) electrons. The first-order valence-corrected chi connectivity index (χ1v) is 9.47. The van der Waals surface area contributed by atoms with E-state index >= 15 is 0 Å². The van der Waals surface area contributed by atoms with Crippen molar-refractivity contribution in [3.8, 4) is 0 Å². The number of rotatable bonds is 8. The normalized spacial score (nSPS) is 21.3. The fourth-order valence-corrected chi connectivity index (χ4v) is 4.43. The molecule has 0 aromatic rings. The molecule has 118 valence electrons. The molecule has 1 fully saturated rings. The molecule has 6 heteroatoms. The van der Waals surface area contributed by atoms with Crippen LogP contribution in [0.2, 0.25) is 0 Å². The fourth-order valence-electron chi connectivity index (χ4n) is 2.67. The highest BCUT2D eigenvalue weighted by Crippen LogP contribution is 2.18. The molecule has 0 aliphatic carbocycles. The van der Waals surface area contributed by atoms with Crippen LogP contribution < -0.4 is 0 Å². The Kier molecular flexibility index (Phi) is 6.95. The van der Waals surface area contributed by atoms with Crippen LogP contribution in [0.25, 0.3) is 0 Å². The lowest BCUT2D eigenvalue weighted by molar-refractivity contribution is -0.132. The van der Waals surface area contributed by atoms with Crippen LogP contribution in [-0.4, -0.2) is 67.9 Å². The van der Waals surface area contributed by atoms with E-state index in [0.29, 0.717) is 26.1 Å². The molecule has 1 rings (SSSR count). The Labute approximate surface area is 123 Å². The van der Waals surface area contributed by atoms with Crippen molar-refractivity contribution in [3.63, 3.8) is 0 Å². The minimum Gasteiger partial charge on any atom is -0.342 e. The second kappa shape index (κ2) is 7.98. The van der Waals surface area contributed by atoms with E-state index < -0.39 is 9.84 Å². The zero-order valence-electron chi connectivity index (χ0n) is 13.0. The number of sulfone groups is 1. The molecule has 1 heterocycles. The van der Waals surface area contributed by atoms with Crippen molar-refractivity contribution in [2.75, 3.05) is 37.7 Å². The lowest BCUT2D eigenvalue weighted by atomic mass is 10.2. The van der Waals surface area contributed by atoms with Crippen LogP contribution in [0.1, 0.15) is 40.0 Å². The van der Waals surface area contributed by atoms with Crippen molar-refractivity contribution in [3.05, 3.63) is 0 Å². The van der Waals surface area contributed by atoms with Crippen molar-refractivity contribution >= 4 is 15.7 Å². The summed E-state index contributed by atoms with van der Waals surface area (Å²) in [5.74, 6) is 0.581. The second-order valence-corrected chi connectivity index (χ2v) is 7.68. The molecule has 1 aliphatic heterocycles. The van der Waals surface area contributed by atoms with E-state index in [4.69, 9.17) is 0 Å². The van der Waals surface area contributed by atoms with E-state index in [1.54, 1.807) is 0 Å². The summed E-state index contributed by atoms with van der Waals surface area (Å²) < 4.78 is 23.3. The first-order chi connectivity index (χ1) is 9.43. The highest BCUT2D eigenvalue weighted by atomic mass is 32.2. The molecule has 0 bridgehead atoms. The Morgan fingerprint density at radius 3 is 2.30 bits per heavy atom. The van der Waals surface area contributed by atoms with Crippen molar-refractivity contribution < 1.29 is 13.2 Å². The van der Waals surface area contributed by atoms with E-state index in [2.05, 4.69) is 11.8 Å². The largest absolute Gasteiger partial charge is 0.342 e. The Morgan fingerprint density at radius 2 is 1.85 bits per heavy atom. The van der Waals surface area contributed by atoms with Gasteiger partial charge in [-0.2, -0.15) is 0 Å². The lowest BCUT2D eigenvalue weighted by Crippen LogP contribution is -2.45. The van der Waals surface area contributed by atoms with E-state index in [0.717, 1.165) is 19.4 Å². The van der Waals surface area contributed by atoms with Gasteiger partial charge in [0.25, 0.3) is 0 Å². The monoisotopic (exact) mass is 304 g/mol. The zero-order chi connectivity index (χ0) is 15.2. The van der Waals surface area contributed by atoms with Gasteiger partial charge in [-0.1, -0.05) is 13.3 Å². The molecule has 1 unspecified atom stereocenters. The molecule has 1 atom stereocenters. The van der Waals surface area contributed by atoms with Crippen LogP contribution in [0.4, 0.5) is 0 Å². The van der Waals surface area contributed by atoms with Crippen LogP contribution >= 0.6 is 0 Å². The van der Waals surface area contributed by atoms with Crippen LogP contribution in [0.5, 0.6) is 0 Å². The SMILES string of the molecule is CCCCN(CC(=O)N(CC)CC)C1CCS(=O)(=O)C1. The molecule has 20 heavy (non-hydrogen) atoms. The Hall–Kier alpha value is -0.620. The number of nitrogens with zero attached hydrogens (tertiary/aromatic N) is 2. The Bertz CT molecular complexity index is 405. The summed E-state index contributed by atoms with van der Waals surface area (Å²) in [6.45, 7) is 8.62.